The largest absolute Gasteiger partial charge is 0.294 e. The van der Waals surface area contributed by atoms with Crippen molar-refractivity contribution >= 4 is 27.8 Å². The van der Waals surface area contributed by atoms with Gasteiger partial charge in [0.15, 0.2) is 5.78 Å². The lowest BCUT2D eigenvalue weighted by Gasteiger charge is -2.03. The highest BCUT2D eigenvalue weighted by molar-refractivity contribution is 9.10. The Morgan fingerprint density at radius 1 is 1.62 bits per heavy atom. The monoisotopic (exact) mass is 238 g/mol. The van der Waals surface area contributed by atoms with Gasteiger partial charge in [-0.3, -0.25) is 4.79 Å². The molecule has 0 bridgehead atoms. The zero-order valence-corrected chi connectivity index (χ0v) is 9.10. The van der Waals surface area contributed by atoms with E-state index >= 15 is 0 Å². The lowest BCUT2D eigenvalue weighted by atomic mass is 10.0. The molecule has 1 aromatic carbocycles. The molecule has 0 aliphatic carbocycles. The molecule has 0 heterocycles. The normalized spacial score (nSPS) is 9.69. The SMILES string of the molecule is C=Cc1cc(Br)ccc1C(=O)CC. The molecule has 0 spiro atoms. The zero-order valence-electron chi connectivity index (χ0n) is 7.51. The maximum absolute atomic E-state index is 11.4. The van der Waals surface area contributed by atoms with Crippen LogP contribution >= 0.6 is 15.9 Å². The molecule has 0 aliphatic heterocycles. The summed E-state index contributed by atoms with van der Waals surface area (Å²) in [6.45, 7) is 5.53. The molecule has 0 fully saturated rings. The van der Waals surface area contributed by atoms with Crippen molar-refractivity contribution < 1.29 is 4.79 Å². The molecule has 0 aromatic heterocycles. The van der Waals surface area contributed by atoms with Gasteiger partial charge in [-0.15, -0.1) is 0 Å². The number of carbonyl (C=O) groups excluding carboxylic acids is 1. The Hall–Kier alpha value is -0.890. The molecular weight excluding hydrogens is 228 g/mol. The van der Waals surface area contributed by atoms with Crippen LogP contribution < -0.4 is 0 Å². The number of halogens is 1. The molecule has 0 atom stereocenters. The quantitative estimate of drug-likeness (QED) is 0.735. The Morgan fingerprint density at radius 2 is 2.31 bits per heavy atom. The van der Waals surface area contributed by atoms with Crippen LogP contribution in [0.1, 0.15) is 29.3 Å². The van der Waals surface area contributed by atoms with E-state index in [1.165, 1.54) is 0 Å². The summed E-state index contributed by atoms with van der Waals surface area (Å²) in [5.41, 5.74) is 1.64. The standard InChI is InChI=1S/C11H11BrO/c1-3-8-7-9(12)5-6-10(8)11(13)4-2/h3,5-7H,1,4H2,2H3. The van der Waals surface area contributed by atoms with Crippen LogP contribution in [0.2, 0.25) is 0 Å². The molecule has 1 aromatic rings. The number of ketones is 1. The summed E-state index contributed by atoms with van der Waals surface area (Å²) in [6, 6.07) is 5.60. The van der Waals surface area contributed by atoms with Crippen LogP contribution in [0, 0.1) is 0 Å². The van der Waals surface area contributed by atoms with E-state index in [0.29, 0.717) is 6.42 Å². The Kier molecular flexibility index (Phi) is 3.43. The van der Waals surface area contributed by atoms with Crippen LogP contribution in [0.5, 0.6) is 0 Å². The van der Waals surface area contributed by atoms with Gasteiger partial charge in [-0.1, -0.05) is 35.5 Å². The Morgan fingerprint density at radius 3 is 2.85 bits per heavy atom. The predicted molar refractivity (Wildman–Crippen MR) is 58.9 cm³/mol. The second-order valence-corrected chi connectivity index (χ2v) is 3.63. The molecule has 13 heavy (non-hydrogen) atoms. The number of benzene rings is 1. The molecule has 0 amide bonds. The van der Waals surface area contributed by atoms with E-state index < -0.39 is 0 Å². The molecule has 2 heteroatoms. The summed E-state index contributed by atoms with van der Waals surface area (Å²) in [7, 11) is 0. The van der Waals surface area contributed by atoms with Crippen molar-refractivity contribution in [3.05, 3.63) is 40.4 Å². The Bertz CT molecular complexity index is 342. The van der Waals surface area contributed by atoms with E-state index in [9.17, 15) is 4.79 Å². The van der Waals surface area contributed by atoms with Crippen molar-refractivity contribution in [2.75, 3.05) is 0 Å². The fourth-order valence-electron chi connectivity index (χ4n) is 1.15. The maximum Gasteiger partial charge on any atom is 0.163 e. The number of hydrogen-bond donors (Lipinski definition) is 0. The second-order valence-electron chi connectivity index (χ2n) is 2.71. The second kappa shape index (κ2) is 4.38. The van der Waals surface area contributed by atoms with Gasteiger partial charge in [0, 0.05) is 16.5 Å². The minimum absolute atomic E-state index is 0.155. The third kappa shape index (κ3) is 2.28. The van der Waals surface area contributed by atoms with Crippen molar-refractivity contribution in [3.63, 3.8) is 0 Å². The van der Waals surface area contributed by atoms with Crippen molar-refractivity contribution in [2.45, 2.75) is 13.3 Å². The van der Waals surface area contributed by atoms with Crippen LogP contribution in [-0.2, 0) is 0 Å². The molecular formula is C11H11BrO. The van der Waals surface area contributed by atoms with Gasteiger partial charge in [0.25, 0.3) is 0 Å². The van der Waals surface area contributed by atoms with Crippen molar-refractivity contribution in [1.29, 1.82) is 0 Å². The number of Topliss-reactive ketones (excluding diaryl/α,β-unsaturated/α-hetero) is 1. The summed E-state index contributed by atoms with van der Waals surface area (Å²) in [6.07, 6.45) is 2.23. The van der Waals surface area contributed by atoms with E-state index in [1.807, 2.05) is 25.1 Å². The van der Waals surface area contributed by atoms with E-state index in [0.717, 1.165) is 15.6 Å². The Balaban J connectivity index is 3.20. The summed E-state index contributed by atoms with van der Waals surface area (Å²) < 4.78 is 0.968. The minimum Gasteiger partial charge on any atom is -0.294 e. The van der Waals surface area contributed by atoms with Crippen molar-refractivity contribution in [3.8, 4) is 0 Å². The lowest BCUT2D eigenvalue weighted by molar-refractivity contribution is 0.0988. The van der Waals surface area contributed by atoms with Crippen LogP contribution in [0.25, 0.3) is 6.08 Å². The predicted octanol–water partition coefficient (Wildman–Crippen LogP) is 3.68. The van der Waals surface area contributed by atoms with Crippen molar-refractivity contribution in [1.82, 2.24) is 0 Å². The molecule has 0 saturated heterocycles. The zero-order chi connectivity index (χ0) is 9.84. The molecule has 0 unspecified atom stereocenters. The molecule has 1 nitrogen and oxygen atoms in total. The van der Waals surface area contributed by atoms with E-state index in [4.69, 9.17) is 0 Å². The topological polar surface area (TPSA) is 17.1 Å². The summed E-state index contributed by atoms with van der Waals surface area (Å²) in [4.78, 5) is 11.4. The average molecular weight is 239 g/mol. The van der Waals surface area contributed by atoms with Crippen LogP contribution in [0.4, 0.5) is 0 Å². The highest BCUT2D eigenvalue weighted by Gasteiger charge is 2.06. The van der Waals surface area contributed by atoms with Gasteiger partial charge in [-0.05, 0) is 23.8 Å². The summed E-state index contributed by atoms with van der Waals surface area (Å²) >= 11 is 3.35. The molecule has 1 rings (SSSR count). The summed E-state index contributed by atoms with van der Waals surface area (Å²) in [5, 5.41) is 0. The van der Waals surface area contributed by atoms with Crippen LogP contribution in [-0.4, -0.2) is 5.78 Å². The molecule has 0 aliphatic rings. The van der Waals surface area contributed by atoms with Gasteiger partial charge in [0.2, 0.25) is 0 Å². The maximum atomic E-state index is 11.4. The van der Waals surface area contributed by atoms with Gasteiger partial charge in [-0.25, -0.2) is 0 Å². The lowest BCUT2D eigenvalue weighted by Crippen LogP contribution is -1.99. The first-order chi connectivity index (χ1) is 6.19. The highest BCUT2D eigenvalue weighted by atomic mass is 79.9. The Labute approximate surface area is 86.6 Å². The molecule has 0 saturated carbocycles. The van der Waals surface area contributed by atoms with Gasteiger partial charge < -0.3 is 0 Å². The fourth-order valence-corrected chi connectivity index (χ4v) is 1.53. The van der Waals surface area contributed by atoms with Gasteiger partial charge in [0.05, 0.1) is 0 Å². The first-order valence-corrected chi connectivity index (χ1v) is 4.93. The third-order valence-corrected chi connectivity index (χ3v) is 2.35. The number of rotatable bonds is 3. The van der Waals surface area contributed by atoms with Gasteiger partial charge in [-0.2, -0.15) is 0 Å². The minimum atomic E-state index is 0.155. The van der Waals surface area contributed by atoms with Gasteiger partial charge >= 0.3 is 0 Å². The fraction of sp³-hybridized carbons (Fsp3) is 0.182. The number of hydrogen-bond acceptors (Lipinski definition) is 1. The van der Waals surface area contributed by atoms with Crippen LogP contribution in [0.15, 0.2) is 29.3 Å². The number of carbonyl (C=O) groups is 1. The molecule has 0 N–H and O–H groups in total. The van der Waals surface area contributed by atoms with Gasteiger partial charge in [0.1, 0.15) is 0 Å². The summed E-state index contributed by atoms with van der Waals surface area (Å²) in [5.74, 6) is 0.155. The first kappa shape index (κ1) is 10.2. The molecule has 68 valence electrons. The molecule has 0 radical (unpaired) electrons. The van der Waals surface area contributed by atoms with Crippen LogP contribution in [0.3, 0.4) is 0 Å². The highest BCUT2D eigenvalue weighted by Crippen LogP contribution is 2.18. The van der Waals surface area contributed by atoms with E-state index in [1.54, 1.807) is 6.08 Å². The smallest absolute Gasteiger partial charge is 0.163 e. The first-order valence-electron chi connectivity index (χ1n) is 4.14. The van der Waals surface area contributed by atoms with Crippen molar-refractivity contribution in [2.24, 2.45) is 0 Å². The van der Waals surface area contributed by atoms with E-state index in [2.05, 4.69) is 22.5 Å². The van der Waals surface area contributed by atoms with E-state index in [-0.39, 0.29) is 5.78 Å². The average Bonchev–Trinajstić information content (AvgIpc) is 2.16. The third-order valence-electron chi connectivity index (χ3n) is 1.86.